The van der Waals surface area contributed by atoms with E-state index in [0.717, 1.165) is 18.2 Å². The Kier molecular flexibility index (Phi) is 4.23. The van der Waals surface area contributed by atoms with Gasteiger partial charge in [0.1, 0.15) is 0 Å². The van der Waals surface area contributed by atoms with Crippen molar-refractivity contribution in [3.05, 3.63) is 53.1 Å². The van der Waals surface area contributed by atoms with Crippen molar-refractivity contribution < 1.29 is 39.6 Å². The molecule has 4 N–H and O–H groups in total. The molecule has 24 heavy (non-hydrogen) atoms. The molecule has 1 aromatic rings. The number of hydrogen-bond acceptors (Lipinski definition) is 4. The van der Waals surface area contributed by atoms with Gasteiger partial charge in [-0.05, 0) is 23.3 Å². The second-order valence-electron chi connectivity index (χ2n) is 5.18. The normalized spacial score (nSPS) is 15.4. The van der Waals surface area contributed by atoms with Crippen LogP contribution in [0.15, 0.2) is 36.4 Å². The summed E-state index contributed by atoms with van der Waals surface area (Å²) < 4.78 is 0. The molecule has 0 fully saturated rings. The van der Waals surface area contributed by atoms with Crippen LogP contribution in [0.2, 0.25) is 0 Å². The van der Waals surface area contributed by atoms with Crippen LogP contribution in [-0.2, 0) is 9.59 Å². The van der Waals surface area contributed by atoms with Crippen LogP contribution in [0.3, 0.4) is 0 Å². The molecule has 8 nitrogen and oxygen atoms in total. The molecule has 0 aromatic heterocycles. The number of aliphatic carboxylic acids is 2. The molecule has 0 spiro atoms. The minimum absolute atomic E-state index is 0.244. The standard InChI is InChI=1S/C16H12O8/c17-12(18)10-4-3-8(6-11(10)13(19)20)9-2-1-5-16(7-9,14(21)22)15(23)24/h1-6H,7H2,(H,17,18)(H,19,20)(H,21,22)(H,23,24). The molecule has 0 saturated heterocycles. The van der Waals surface area contributed by atoms with Crippen LogP contribution in [-0.4, -0.2) is 44.3 Å². The van der Waals surface area contributed by atoms with E-state index in [1.807, 2.05) is 0 Å². The van der Waals surface area contributed by atoms with Gasteiger partial charge in [-0.3, -0.25) is 9.59 Å². The molecule has 1 aliphatic carbocycles. The van der Waals surface area contributed by atoms with Crippen LogP contribution in [0.1, 0.15) is 32.7 Å². The van der Waals surface area contributed by atoms with E-state index in [2.05, 4.69) is 0 Å². The Bertz CT molecular complexity index is 801. The number of aromatic carboxylic acids is 2. The molecule has 0 heterocycles. The average molecular weight is 332 g/mol. The van der Waals surface area contributed by atoms with E-state index in [9.17, 15) is 29.4 Å². The van der Waals surface area contributed by atoms with Gasteiger partial charge in [-0.15, -0.1) is 0 Å². The maximum absolute atomic E-state index is 11.4. The van der Waals surface area contributed by atoms with E-state index in [0.29, 0.717) is 0 Å². The summed E-state index contributed by atoms with van der Waals surface area (Å²) in [6.45, 7) is 0. The number of carboxylic acids is 4. The summed E-state index contributed by atoms with van der Waals surface area (Å²) in [5.74, 6) is -5.96. The van der Waals surface area contributed by atoms with E-state index in [4.69, 9.17) is 10.2 Å². The Hall–Kier alpha value is -3.42. The fourth-order valence-corrected chi connectivity index (χ4v) is 2.44. The number of rotatable bonds is 5. The van der Waals surface area contributed by atoms with Crippen LogP contribution in [0.5, 0.6) is 0 Å². The van der Waals surface area contributed by atoms with E-state index < -0.39 is 40.4 Å². The Morgan fingerprint density at radius 3 is 1.96 bits per heavy atom. The van der Waals surface area contributed by atoms with Crippen molar-refractivity contribution in [2.75, 3.05) is 0 Å². The molecule has 0 atom stereocenters. The first-order chi connectivity index (χ1) is 11.2. The van der Waals surface area contributed by atoms with Crippen LogP contribution >= 0.6 is 0 Å². The minimum Gasteiger partial charge on any atom is -0.480 e. The molecule has 0 radical (unpaired) electrons. The summed E-state index contributed by atoms with van der Waals surface area (Å²) >= 11 is 0. The number of carboxylic acid groups (broad SMARTS) is 4. The van der Waals surface area contributed by atoms with Gasteiger partial charge in [0.2, 0.25) is 0 Å². The monoisotopic (exact) mass is 332 g/mol. The zero-order valence-electron chi connectivity index (χ0n) is 12.1. The topological polar surface area (TPSA) is 149 Å². The fraction of sp³-hybridized carbons (Fsp3) is 0.125. The van der Waals surface area contributed by atoms with Crippen LogP contribution in [0, 0.1) is 5.41 Å². The lowest BCUT2D eigenvalue weighted by Gasteiger charge is -2.25. The fourth-order valence-electron chi connectivity index (χ4n) is 2.44. The number of hydrogen-bond donors (Lipinski definition) is 4. The third-order valence-electron chi connectivity index (χ3n) is 3.76. The van der Waals surface area contributed by atoms with Crippen LogP contribution in [0.4, 0.5) is 0 Å². The molecule has 0 amide bonds. The van der Waals surface area contributed by atoms with Gasteiger partial charge in [0.15, 0.2) is 5.41 Å². The first kappa shape index (κ1) is 16.9. The Labute approximate surface area is 135 Å². The first-order valence-electron chi connectivity index (χ1n) is 6.65. The maximum atomic E-state index is 11.4. The molecule has 0 bridgehead atoms. The summed E-state index contributed by atoms with van der Waals surface area (Å²) in [6, 6.07) is 3.49. The van der Waals surface area contributed by atoms with Crippen molar-refractivity contribution in [1.82, 2.24) is 0 Å². The molecule has 0 aliphatic heterocycles. The number of carbonyl (C=O) groups is 4. The van der Waals surface area contributed by atoms with Crippen molar-refractivity contribution in [3.8, 4) is 0 Å². The first-order valence-corrected chi connectivity index (χ1v) is 6.65. The van der Waals surface area contributed by atoms with Gasteiger partial charge < -0.3 is 20.4 Å². The van der Waals surface area contributed by atoms with Crippen molar-refractivity contribution in [2.24, 2.45) is 5.41 Å². The zero-order chi connectivity index (χ0) is 18.1. The summed E-state index contributed by atoms with van der Waals surface area (Å²) in [5.41, 5.74) is -2.51. The second kappa shape index (κ2) is 5.99. The molecule has 1 aromatic carbocycles. The molecule has 124 valence electrons. The molecule has 0 unspecified atom stereocenters. The zero-order valence-corrected chi connectivity index (χ0v) is 12.1. The Morgan fingerprint density at radius 1 is 0.875 bits per heavy atom. The summed E-state index contributed by atoms with van der Waals surface area (Å²) in [5, 5.41) is 36.6. The summed E-state index contributed by atoms with van der Waals surface area (Å²) in [4.78, 5) is 45.0. The van der Waals surface area contributed by atoms with Crippen molar-refractivity contribution in [1.29, 1.82) is 0 Å². The second-order valence-corrected chi connectivity index (χ2v) is 5.18. The summed E-state index contributed by atoms with van der Waals surface area (Å²) in [6.07, 6.45) is 3.39. The van der Waals surface area contributed by atoms with E-state index in [1.54, 1.807) is 0 Å². The van der Waals surface area contributed by atoms with Crippen molar-refractivity contribution >= 4 is 29.5 Å². The number of allylic oxidation sites excluding steroid dienone is 3. The van der Waals surface area contributed by atoms with Gasteiger partial charge in [-0.1, -0.05) is 24.3 Å². The average Bonchev–Trinajstić information content (AvgIpc) is 2.53. The molecule has 1 aliphatic rings. The molecular formula is C16H12O8. The van der Waals surface area contributed by atoms with Gasteiger partial charge in [-0.25, -0.2) is 9.59 Å². The quantitative estimate of drug-likeness (QED) is 0.594. The highest BCUT2D eigenvalue weighted by Gasteiger charge is 2.46. The van der Waals surface area contributed by atoms with Gasteiger partial charge >= 0.3 is 23.9 Å². The predicted octanol–water partition coefficient (Wildman–Crippen LogP) is 1.58. The summed E-state index contributed by atoms with van der Waals surface area (Å²) in [7, 11) is 0. The smallest absolute Gasteiger partial charge is 0.336 e. The Balaban J connectivity index is 2.52. The highest BCUT2D eigenvalue weighted by Crippen LogP contribution is 2.37. The lowest BCUT2D eigenvalue weighted by Crippen LogP contribution is -2.38. The SMILES string of the molecule is O=C(O)c1ccc(C2=CC=CC(C(=O)O)(C(=O)O)C2)cc1C(=O)O. The van der Waals surface area contributed by atoms with Gasteiger partial charge in [0, 0.05) is 6.42 Å². The van der Waals surface area contributed by atoms with Gasteiger partial charge in [-0.2, -0.15) is 0 Å². The van der Waals surface area contributed by atoms with Gasteiger partial charge in [0.25, 0.3) is 0 Å². The predicted molar refractivity (Wildman–Crippen MR) is 79.8 cm³/mol. The Morgan fingerprint density at radius 2 is 1.46 bits per heavy atom. The molecule has 0 saturated carbocycles. The number of benzene rings is 1. The highest BCUT2D eigenvalue weighted by molar-refractivity contribution is 6.04. The van der Waals surface area contributed by atoms with Crippen molar-refractivity contribution in [3.63, 3.8) is 0 Å². The third kappa shape index (κ3) is 2.76. The molecular weight excluding hydrogens is 320 g/mol. The maximum Gasteiger partial charge on any atom is 0.336 e. The largest absolute Gasteiger partial charge is 0.480 e. The van der Waals surface area contributed by atoms with Crippen molar-refractivity contribution in [2.45, 2.75) is 6.42 Å². The third-order valence-corrected chi connectivity index (χ3v) is 3.76. The van der Waals surface area contributed by atoms with Gasteiger partial charge in [0.05, 0.1) is 11.1 Å². The van der Waals surface area contributed by atoms with Crippen LogP contribution in [0.25, 0.3) is 5.57 Å². The minimum atomic E-state index is -2.15. The molecule has 2 rings (SSSR count). The lowest BCUT2D eigenvalue weighted by atomic mass is 9.76. The van der Waals surface area contributed by atoms with Crippen LogP contribution < -0.4 is 0 Å². The highest BCUT2D eigenvalue weighted by atomic mass is 16.4. The van der Waals surface area contributed by atoms with E-state index >= 15 is 0 Å². The van der Waals surface area contributed by atoms with E-state index in [-0.39, 0.29) is 17.6 Å². The lowest BCUT2D eigenvalue weighted by molar-refractivity contribution is -0.160. The van der Waals surface area contributed by atoms with E-state index in [1.165, 1.54) is 18.2 Å². The molecule has 8 heteroatoms.